The van der Waals surface area contributed by atoms with Crippen LogP contribution in [0.5, 0.6) is 0 Å². The third-order valence-electron chi connectivity index (χ3n) is 2.44. The molecule has 0 atom stereocenters. The van der Waals surface area contributed by atoms with E-state index >= 15 is 0 Å². The lowest BCUT2D eigenvalue weighted by atomic mass is 9.99. The Balaban J connectivity index is 3.71. The molecule has 0 fully saturated rings. The fraction of sp³-hybridized carbons (Fsp3) is 0.273. The molecule has 0 aliphatic carbocycles. The molecule has 0 aromatic heterocycles. The second-order valence-corrected chi connectivity index (χ2v) is 3.39. The molecule has 5 heteroatoms. The molecule has 1 rings (SSSR count). The minimum absolute atomic E-state index is 0.0721. The summed E-state index contributed by atoms with van der Waals surface area (Å²) in [5.74, 6) is -8.71. The van der Waals surface area contributed by atoms with Gasteiger partial charge in [0.1, 0.15) is 5.82 Å². The maximum Gasteiger partial charge on any atom is 0.297 e. The summed E-state index contributed by atoms with van der Waals surface area (Å²) in [6.07, 6.45) is 0.0721. The Labute approximate surface area is 89.4 Å². The second-order valence-electron chi connectivity index (χ2n) is 3.39. The molecular weight excluding hydrogens is 227 g/mol. The molecule has 1 aromatic rings. The molecule has 0 unspecified atom stereocenters. The molecule has 0 aliphatic heterocycles. The predicted molar refractivity (Wildman–Crippen MR) is 49.9 cm³/mol. The van der Waals surface area contributed by atoms with Crippen LogP contribution >= 0.6 is 0 Å². The van der Waals surface area contributed by atoms with Gasteiger partial charge in [0.25, 0.3) is 5.92 Å². The summed E-state index contributed by atoms with van der Waals surface area (Å²) in [5, 5.41) is 0. The second kappa shape index (κ2) is 3.88. The van der Waals surface area contributed by atoms with Gasteiger partial charge >= 0.3 is 0 Å². The smallest absolute Gasteiger partial charge is 0.206 e. The molecule has 0 nitrogen and oxygen atoms in total. The van der Waals surface area contributed by atoms with Crippen LogP contribution < -0.4 is 0 Å². The molecule has 0 spiro atoms. The maximum atomic E-state index is 13.5. The minimum atomic E-state index is -3.94. The van der Waals surface area contributed by atoms with Crippen LogP contribution in [-0.2, 0) is 5.92 Å². The maximum absolute atomic E-state index is 13.5. The molecule has 0 bridgehead atoms. The Morgan fingerprint density at radius 1 is 0.938 bits per heavy atom. The van der Waals surface area contributed by atoms with Crippen LogP contribution in [0.1, 0.15) is 16.7 Å². The van der Waals surface area contributed by atoms with Crippen molar-refractivity contribution in [3.63, 3.8) is 0 Å². The van der Waals surface area contributed by atoms with E-state index in [9.17, 15) is 22.0 Å². The summed E-state index contributed by atoms with van der Waals surface area (Å²) in [5.41, 5.74) is -2.25. The summed E-state index contributed by atoms with van der Waals surface area (Å²) in [6.45, 7) is 4.99. The van der Waals surface area contributed by atoms with Gasteiger partial charge < -0.3 is 0 Å². The fourth-order valence-corrected chi connectivity index (χ4v) is 1.28. The largest absolute Gasteiger partial charge is 0.297 e. The van der Waals surface area contributed by atoms with Gasteiger partial charge in [-0.1, -0.05) is 6.58 Å². The van der Waals surface area contributed by atoms with E-state index in [-0.39, 0.29) is 17.2 Å². The third kappa shape index (κ3) is 1.70. The first-order valence-corrected chi connectivity index (χ1v) is 4.39. The number of alkyl halides is 2. The van der Waals surface area contributed by atoms with E-state index in [0.29, 0.717) is 0 Å². The van der Waals surface area contributed by atoms with E-state index in [1.54, 1.807) is 0 Å². The van der Waals surface area contributed by atoms with Crippen LogP contribution in [-0.4, -0.2) is 0 Å². The van der Waals surface area contributed by atoms with Crippen molar-refractivity contribution in [2.75, 3.05) is 0 Å². The van der Waals surface area contributed by atoms with Gasteiger partial charge in [0.05, 0.1) is 5.56 Å². The average Bonchev–Trinajstić information content (AvgIpc) is 2.23. The highest BCUT2D eigenvalue weighted by atomic mass is 19.3. The van der Waals surface area contributed by atoms with Gasteiger partial charge in [0.2, 0.25) is 0 Å². The van der Waals surface area contributed by atoms with Crippen molar-refractivity contribution in [1.29, 1.82) is 0 Å². The lowest BCUT2D eigenvalue weighted by molar-refractivity contribution is 0.0431. The molecule has 0 heterocycles. The van der Waals surface area contributed by atoms with Gasteiger partial charge in [-0.3, -0.25) is 0 Å². The van der Waals surface area contributed by atoms with Crippen LogP contribution in [0.25, 0.3) is 0 Å². The zero-order chi connectivity index (χ0) is 12.7. The highest BCUT2D eigenvalue weighted by Crippen LogP contribution is 2.36. The number of benzene rings is 1. The normalized spacial score (nSPS) is 11.7. The number of allylic oxidation sites excluding steroid dienone is 1. The van der Waals surface area contributed by atoms with E-state index in [0.717, 1.165) is 13.8 Å². The molecule has 88 valence electrons. The molecule has 0 saturated heterocycles. The highest BCUT2D eigenvalue weighted by Gasteiger charge is 2.37. The SMILES string of the molecule is C=CC(F)(F)c1c(F)c(C)c(C)c(F)c1F. The Hall–Kier alpha value is -1.39. The Kier molecular flexibility index (Phi) is 3.08. The molecule has 0 radical (unpaired) electrons. The van der Waals surface area contributed by atoms with Gasteiger partial charge in [-0.15, -0.1) is 0 Å². The van der Waals surface area contributed by atoms with Crippen molar-refractivity contribution in [2.24, 2.45) is 0 Å². The molecular formula is C11H9F5. The molecule has 0 aliphatic rings. The zero-order valence-corrected chi connectivity index (χ0v) is 8.67. The van der Waals surface area contributed by atoms with Gasteiger partial charge in [0, 0.05) is 0 Å². The Morgan fingerprint density at radius 2 is 1.38 bits per heavy atom. The monoisotopic (exact) mass is 236 g/mol. The zero-order valence-electron chi connectivity index (χ0n) is 8.67. The summed E-state index contributed by atoms with van der Waals surface area (Å²) in [7, 11) is 0. The first kappa shape index (κ1) is 12.7. The Morgan fingerprint density at radius 3 is 1.81 bits per heavy atom. The van der Waals surface area contributed by atoms with E-state index in [2.05, 4.69) is 6.58 Å². The third-order valence-corrected chi connectivity index (χ3v) is 2.44. The number of hydrogen-bond donors (Lipinski definition) is 0. The van der Waals surface area contributed by atoms with Crippen LogP contribution in [0.3, 0.4) is 0 Å². The Bertz CT molecular complexity index is 419. The number of halogens is 5. The van der Waals surface area contributed by atoms with Crippen molar-refractivity contribution < 1.29 is 22.0 Å². The van der Waals surface area contributed by atoms with Gasteiger partial charge in [-0.25, -0.2) is 13.2 Å². The van der Waals surface area contributed by atoms with Crippen molar-refractivity contribution >= 4 is 0 Å². The first-order chi connectivity index (χ1) is 7.24. The number of rotatable bonds is 2. The van der Waals surface area contributed by atoms with Crippen molar-refractivity contribution in [1.82, 2.24) is 0 Å². The lowest BCUT2D eigenvalue weighted by Gasteiger charge is -2.17. The summed E-state index contributed by atoms with van der Waals surface area (Å²) >= 11 is 0. The van der Waals surface area contributed by atoms with E-state index in [4.69, 9.17) is 0 Å². The summed E-state index contributed by atoms with van der Waals surface area (Å²) < 4.78 is 66.2. The predicted octanol–water partition coefficient (Wildman–Crippen LogP) is 4.00. The van der Waals surface area contributed by atoms with Crippen molar-refractivity contribution in [3.8, 4) is 0 Å². The molecule has 0 amide bonds. The van der Waals surface area contributed by atoms with Crippen LogP contribution in [0, 0.1) is 31.3 Å². The molecule has 16 heavy (non-hydrogen) atoms. The lowest BCUT2D eigenvalue weighted by Crippen LogP contribution is -2.17. The first-order valence-electron chi connectivity index (χ1n) is 4.39. The molecule has 0 N–H and O–H groups in total. The molecule has 1 aromatic carbocycles. The van der Waals surface area contributed by atoms with Gasteiger partial charge in [0.15, 0.2) is 11.6 Å². The van der Waals surface area contributed by atoms with E-state index < -0.39 is 28.9 Å². The average molecular weight is 236 g/mol. The fourth-order valence-electron chi connectivity index (χ4n) is 1.28. The summed E-state index contributed by atoms with van der Waals surface area (Å²) in [4.78, 5) is 0. The van der Waals surface area contributed by atoms with Crippen LogP contribution in [0.15, 0.2) is 12.7 Å². The van der Waals surface area contributed by atoms with Crippen LogP contribution in [0.4, 0.5) is 22.0 Å². The standard InChI is InChI=1S/C11H9F5/c1-4-11(15,16)7-8(12)5(2)6(3)9(13)10(7)14/h4H,1H2,2-3H3. The quantitative estimate of drug-likeness (QED) is 0.413. The summed E-state index contributed by atoms with van der Waals surface area (Å²) in [6, 6.07) is 0. The minimum Gasteiger partial charge on any atom is -0.206 e. The highest BCUT2D eigenvalue weighted by molar-refractivity contribution is 5.38. The van der Waals surface area contributed by atoms with Crippen LogP contribution in [0.2, 0.25) is 0 Å². The number of hydrogen-bond acceptors (Lipinski definition) is 0. The van der Waals surface area contributed by atoms with Crippen molar-refractivity contribution in [2.45, 2.75) is 19.8 Å². The van der Waals surface area contributed by atoms with E-state index in [1.165, 1.54) is 0 Å². The van der Waals surface area contributed by atoms with Gasteiger partial charge in [-0.05, 0) is 31.1 Å². The van der Waals surface area contributed by atoms with Gasteiger partial charge in [-0.2, -0.15) is 8.78 Å². The molecule has 0 saturated carbocycles. The topological polar surface area (TPSA) is 0 Å². The van der Waals surface area contributed by atoms with E-state index in [1.807, 2.05) is 0 Å². The van der Waals surface area contributed by atoms with Crippen molar-refractivity contribution in [3.05, 3.63) is 46.8 Å².